The predicted molar refractivity (Wildman–Crippen MR) is 95.1 cm³/mol. The van der Waals surface area contributed by atoms with Gasteiger partial charge in [0.25, 0.3) is 0 Å². The summed E-state index contributed by atoms with van der Waals surface area (Å²) in [5.74, 6) is 5.06. The number of rotatable bonds is 3. The van der Waals surface area contributed by atoms with E-state index in [0.717, 1.165) is 12.3 Å². The number of nitrogens with one attached hydrogen (secondary N) is 1. The zero-order chi connectivity index (χ0) is 19.4. The number of aliphatic hydroxyl groups is 1. The van der Waals surface area contributed by atoms with Crippen molar-refractivity contribution in [3.63, 3.8) is 0 Å². The van der Waals surface area contributed by atoms with E-state index in [0.29, 0.717) is 11.1 Å². The number of halogens is 4. The summed E-state index contributed by atoms with van der Waals surface area (Å²) in [7, 11) is 0. The van der Waals surface area contributed by atoms with E-state index in [1.54, 1.807) is 38.1 Å². The Labute approximate surface area is 153 Å². The first-order valence-electron chi connectivity index (χ1n) is 7.42. The average Bonchev–Trinajstić information content (AvgIpc) is 2.54. The number of hydrogen-bond acceptors (Lipinski definition) is 4. The smallest absolute Gasteiger partial charge is 0.378 e. The standard InChI is InChI=1S/C18H15ClF3N3O/c1-17(2,26)8-7-12-3-5-13(6-4-12)10-24-25-16-15(18(20,21)22)9-14(19)11-23-16/h3-6,9-11,26H,1-2H3,(H,23,25). The highest BCUT2D eigenvalue weighted by Crippen LogP contribution is 2.35. The van der Waals surface area contributed by atoms with Crippen molar-refractivity contribution < 1.29 is 18.3 Å². The van der Waals surface area contributed by atoms with Crippen LogP contribution in [0.15, 0.2) is 41.6 Å². The molecule has 1 aromatic heterocycles. The van der Waals surface area contributed by atoms with E-state index in [2.05, 4.69) is 27.4 Å². The summed E-state index contributed by atoms with van der Waals surface area (Å²) in [5.41, 5.74) is 1.52. The van der Waals surface area contributed by atoms with E-state index >= 15 is 0 Å². The molecule has 0 aliphatic rings. The fourth-order valence-electron chi connectivity index (χ4n) is 1.79. The van der Waals surface area contributed by atoms with Crippen LogP contribution in [0.2, 0.25) is 5.02 Å². The van der Waals surface area contributed by atoms with Crippen LogP contribution in [0, 0.1) is 11.8 Å². The molecule has 0 fully saturated rings. The van der Waals surface area contributed by atoms with Crippen LogP contribution in [-0.4, -0.2) is 21.9 Å². The SMILES string of the molecule is CC(C)(O)C#Cc1ccc(C=NNc2ncc(Cl)cc2C(F)(F)F)cc1. The Balaban J connectivity index is 2.11. The summed E-state index contributed by atoms with van der Waals surface area (Å²) < 4.78 is 38.9. The molecule has 0 spiro atoms. The Hall–Kier alpha value is -2.56. The van der Waals surface area contributed by atoms with Gasteiger partial charge in [-0.15, -0.1) is 0 Å². The van der Waals surface area contributed by atoms with Crippen LogP contribution in [-0.2, 0) is 6.18 Å². The zero-order valence-electron chi connectivity index (χ0n) is 13.9. The van der Waals surface area contributed by atoms with E-state index in [9.17, 15) is 18.3 Å². The number of hydrazone groups is 1. The quantitative estimate of drug-likeness (QED) is 0.473. The van der Waals surface area contributed by atoms with Crippen molar-refractivity contribution in [2.75, 3.05) is 5.43 Å². The van der Waals surface area contributed by atoms with Crippen LogP contribution in [0.25, 0.3) is 0 Å². The summed E-state index contributed by atoms with van der Waals surface area (Å²) >= 11 is 5.57. The normalized spacial score (nSPS) is 12.0. The molecule has 2 aromatic rings. The Kier molecular flexibility index (Phi) is 5.90. The van der Waals surface area contributed by atoms with Crippen molar-refractivity contribution in [3.05, 3.63) is 58.2 Å². The molecule has 8 heteroatoms. The van der Waals surface area contributed by atoms with E-state index in [1.165, 1.54) is 6.21 Å². The first kappa shape index (κ1) is 19.8. The lowest BCUT2D eigenvalue weighted by molar-refractivity contribution is -0.137. The Morgan fingerprint density at radius 1 is 1.23 bits per heavy atom. The number of hydrogen-bond donors (Lipinski definition) is 2. The zero-order valence-corrected chi connectivity index (χ0v) is 14.7. The van der Waals surface area contributed by atoms with E-state index in [-0.39, 0.29) is 5.02 Å². The summed E-state index contributed by atoms with van der Waals surface area (Å²) in [4.78, 5) is 3.62. The fourth-order valence-corrected chi connectivity index (χ4v) is 1.95. The van der Waals surface area contributed by atoms with Gasteiger partial charge >= 0.3 is 6.18 Å². The first-order chi connectivity index (χ1) is 12.0. The average molecular weight is 382 g/mol. The van der Waals surface area contributed by atoms with Crippen LogP contribution in [0.5, 0.6) is 0 Å². The second-order valence-electron chi connectivity index (χ2n) is 5.85. The highest BCUT2D eigenvalue weighted by Gasteiger charge is 2.34. The molecule has 0 radical (unpaired) electrons. The van der Waals surface area contributed by atoms with Crippen molar-refractivity contribution in [1.29, 1.82) is 0 Å². The van der Waals surface area contributed by atoms with Crippen molar-refractivity contribution in [2.24, 2.45) is 5.10 Å². The van der Waals surface area contributed by atoms with Crippen molar-refractivity contribution in [3.8, 4) is 11.8 Å². The number of alkyl halides is 3. The highest BCUT2D eigenvalue weighted by molar-refractivity contribution is 6.30. The Morgan fingerprint density at radius 3 is 2.46 bits per heavy atom. The number of anilines is 1. The molecule has 0 saturated heterocycles. The van der Waals surface area contributed by atoms with Gasteiger partial charge in [-0.05, 0) is 37.6 Å². The van der Waals surface area contributed by atoms with E-state index < -0.39 is 23.2 Å². The van der Waals surface area contributed by atoms with Gasteiger partial charge in [-0.1, -0.05) is 35.6 Å². The van der Waals surface area contributed by atoms with Gasteiger partial charge in [0.2, 0.25) is 0 Å². The summed E-state index contributed by atoms with van der Waals surface area (Å²) in [6.07, 6.45) is -2.15. The monoisotopic (exact) mass is 381 g/mol. The summed E-state index contributed by atoms with van der Waals surface area (Å²) in [6.45, 7) is 3.15. The molecule has 0 amide bonds. The number of benzene rings is 1. The van der Waals surface area contributed by atoms with Gasteiger partial charge in [-0.25, -0.2) is 4.98 Å². The van der Waals surface area contributed by atoms with Crippen molar-refractivity contribution >= 4 is 23.6 Å². The lowest BCUT2D eigenvalue weighted by Gasteiger charge is -2.11. The van der Waals surface area contributed by atoms with Crippen molar-refractivity contribution in [1.82, 2.24) is 4.98 Å². The maximum absolute atomic E-state index is 13.0. The Bertz CT molecular complexity index is 860. The molecule has 0 bridgehead atoms. The minimum Gasteiger partial charge on any atom is -0.378 e. The van der Waals surface area contributed by atoms with Gasteiger partial charge in [0.05, 0.1) is 11.2 Å². The summed E-state index contributed by atoms with van der Waals surface area (Å²) in [6, 6.07) is 7.59. The van der Waals surface area contributed by atoms with E-state index in [1.807, 2.05) is 0 Å². The number of pyridine rings is 1. The third kappa shape index (κ3) is 6.06. The van der Waals surface area contributed by atoms with Gasteiger partial charge in [0, 0.05) is 11.8 Å². The molecule has 26 heavy (non-hydrogen) atoms. The third-order valence-electron chi connectivity index (χ3n) is 2.97. The van der Waals surface area contributed by atoms with Crippen LogP contribution >= 0.6 is 11.6 Å². The van der Waals surface area contributed by atoms with Crippen LogP contribution in [0.3, 0.4) is 0 Å². The lowest BCUT2D eigenvalue weighted by Crippen LogP contribution is -2.14. The molecule has 136 valence electrons. The first-order valence-corrected chi connectivity index (χ1v) is 7.80. The second kappa shape index (κ2) is 7.77. The molecular weight excluding hydrogens is 367 g/mol. The Morgan fingerprint density at radius 2 is 1.88 bits per heavy atom. The topological polar surface area (TPSA) is 57.5 Å². The van der Waals surface area contributed by atoms with Gasteiger partial charge in [0.15, 0.2) is 5.82 Å². The molecule has 2 N–H and O–H groups in total. The van der Waals surface area contributed by atoms with Crippen molar-refractivity contribution in [2.45, 2.75) is 25.6 Å². The van der Waals surface area contributed by atoms with Gasteiger partial charge in [0.1, 0.15) is 11.2 Å². The fraction of sp³-hybridized carbons (Fsp3) is 0.222. The van der Waals surface area contributed by atoms with Crippen LogP contribution in [0.1, 0.15) is 30.5 Å². The molecule has 0 unspecified atom stereocenters. The molecule has 0 aliphatic carbocycles. The molecule has 1 aromatic carbocycles. The van der Waals surface area contributed by atoms with Crippen LogP contribution in [0.4, 0.5) is 19.0 Å². The lowest BCUT2D eigenvalue weighted by atomic mass is 10.1. The minimum absolute atomic E-state index is 0.116. The highest BCUT2D eigenvalue weighted by atomic mass is 35.5. The molecule has 4 nitrogen and oxygen atoms in total. The van der Waals surface area contributed by atoms with Gasteiger partial charge in [-0.2, -0.15) is 18.3 Å². The third-order valence-corrected chi connectivity index (χ3v) is 3.17. The molecule has 0 atom stereocenters. The minimum atomic E-state index is -4.60. The van der Waals surface area contributed by atoms with Crippen LogP contribution < -0.4 is 5.43 Å². The molecule has 0 aliphatic heterocycles. The molecular formula is C18H15ClF3N3O. The molecule has 2 rings (SSSR count). The predicted octanol–water partition coefficient (Wildman–Crippen LogP) is 4.32. The molecule has 1 heterocycles. The molecule has 0 saturated carbocycles. The van der Waals surface area contributed by atoms with E-state index in [4.69, 9.17) is 11.6 Å². The summed E-state index contributed by atoms with van der Waals surface area (Å²) in [5, 5.41) is 13.2. The number of nitrogens with zero attached hydrogens (tertiary/aromatic N) is 2. The maximum Gasteiger partial charge on any atom is 0.420 e. The maximum atomic E-state index is 13.0. The largest absolute Gasteiger partial charge is 0.420 e. The second-order valence-corrected chi connectivity index (χ2v) is 6.28. The number of aromatic nitrogens is 1. The van der Waals surface area contributed by atoms with Gasteiger partial charge in [-0.3, -0.25) is 5.43 Å². The van der Waals surface area contributed by atoms with Gasteiger partial charge < -0.3 is 5.11 Å².